The number of nitrogens with two attached hydrogens (primary N) is 1. The maximum Gasteiger partial charge on any atom is 0.235 e. The zero-order valence-electron chi connectivity index (χ0n) is 11.2. The van der Waals surface area contributed by atoms with Gasteiger partial charge in [0.15, 0.2) is 0 Å². The van der Waals surface area contributed by atoms with Crippen LogP contribution in [0.1, 0.15) is 12.5 Å². The third kappa shape index (κ3) is 5.06. The van der Waals surface area contributed by atoms with Crippen LogP contribution in [0.4, 0.5) is 5.69 Å². The second-order valence-electron chi connectivity index (χ2n) is 3.86. The molecular formula is C12H20N2O4S. The molecule has 0 fully saturated rings. The third-order valence-electron chi connectivity index (χ3n) is 2.47. The van der Waals surface area contributed by atoms with Crippen molar-refractivity contribution in [2.75, 3.05) is 30.8 Å². The van der Waals surface area contributed by atoms with E-state index < -0.39 is 10.0 Å². The highest BCUT2D eigenvalue weighted by Crippen LogP contribution is 2.26. The Labute approximate surface area is 113 Å². The van der Waals surface area contributed by atoms with Gasteiger partial charge in [0.05, 0.1) is 25.2 Å². The molecule has 108 valence electrons. The molecule has 0 bridgehead atoms. The van der Waals surface area contributed by atoms with Gasteiger partial charge in [0, 0.05) is 13.2 Å². The molecule has 0 aliphatic rings. The summed E-state index contributed by atoms with van der Waals surface area (Å²) < 4.78 is 36.3. The third-order valence-corrected chi connectivity index (χ3v) is 3.70. The van der Waals surface area contributed by atoms with Crippen molar-refractivity contribution < 1.29 is 17.9 Å². The van der Waals surface area contributed by atoms with Crippen LogP contribution in [-0.2, 0) is 21.3 Å². The maximum absolute atomic E-state index is 11.8. The predicted octanol–water partition coefficient (Wildman–Crippen LogP) is 0.932. The van der Waals surface area contributed by atoms with E-state index in [0.717, 1.165) is 5.56 Å². The van der Waals surface area contributed by atoms with Crippen molar-refractivity contribution in [1.82, 2.24) is 0 Å². The number of ether oxygens (including phenoxy) is 2. The number of anilines is 1. The number of hydrogen-bond donors (Lipinski definition) is 2. The van der Waals surface area contributed by atoms with E-state index in [0.29, 0.717) is 24.6 Å². The van der Waals surface area contributed by atoms with E-state index in [1.165, 1.54) is 7.11 Å². The van der Waals surface area contributed by atoms with Gasteiger partial charge < -0.3 is 15.2 Å². The first-order chi connectivity index (χ1) is 9.02. The normalized spacial score (nSPS) is 11.3. The molecule has 0 heterocycles. The van der Waals surface area contributed by atoms with E-state index in [2.05, 4.69) is 4.72 Å². The van der Waals surface area contributed by atoms with E-state index in [1.807, 2.05) is 6.92 Å². The number of nitrogens with one attached hydrogen (secondary N) is 1. The lowest BCUT2D eigenvalue weighted by Gasteiger charge is -2.12. The average molecular weight is 288 g/mol. The van der Waals surface area contributed by atoms with Crippen molar-refractivity contribution in [3.05, 3.63) is 23.8 Å². The van der Waals surface area contributed by atoms with Crippen molar-refractivity contribution in [3.63, 3.8) is 0 Å². The van der Waals surface area contributed by atoms with Crippen LogP contribution in [0.3, 0.4) is 0 Å². The zero-order chi connectivity index (χ0) is 14.3. The van der Waals surface area contributed by atoms with Crippen LogP contribution in [0.2, 0.25) is 0 Å². The molecular weight excluding hydrogens is 268 g/mol. The van der Waals surface area contributed by atoms with E-state index in [1.54, 1.807) is 18.2 Å². The van der Waals surface area contributed by atoms with Gasteiger partial charge in [-0.05, 0) is 24.6 Å². The topological polar surface area (TPSA) is 90.7 Å². The quantitative estimate of drug-likeness (QED) is 0.695. The van der Waals surface area contributed by atoms with E-state index in [4.69, 9.17) is 15.2 Å². The molecule has 0 spiro atoms. The van der Waals surface area contributed by atoms with Crippen LogP contribution in [0.25, 0.3) is 0 Å². The van der Waals surface area contributed by atoms with Crippen LogP contribution >= 0.6 is 0 Å². The molecule has 19 heavy (non-hydrogen) atoms. The highest BCUT2D eigenvalue weighted by atomic mass is 32.2. The fraction of sp³-hybridized carbons (Fsp3) is 0.500. The summed E-state index contributed by atoms with van der Waals surface area (Å²) in [5.41, 5.74) is 6.79. The summed E-state index contributed by atoms with van der Waals surface area (Å²) >= 11 is 0. The number of hydrogen-bond acceptors (Lipinski definition) is 5. The second-order valence-corrected chi connectivity index (χ2v) is 5.70. The van der Waals surface area contributed by atoms with Crippen LogP contribution in [0, 0.1) is 0 Å². The molecule has 3 N–H and O–H groups in total. The smallest absolute Gasteiger partial charge is 0.235 e. The summed E-state index contributed by atoms with van der Waals surface area (Å²) in [6.07, 6.45) is 0. The Kier molecular flexibility index (Phi) is 6.07. The van der Waals surface area contributed by atoms with E-state index >= 15 is 0 Å². The molecule has 0 aliphatic heterocycles. The molecule has 1 aromatic carbocycles. The summed E-state index contributed by atoms with van der Waals surface area (Å²) in [5.74, 6) is 0.353. The van der Waals surface area contributed by atoms with Crippen LogP contribution < -0.4 is 15.2 Å². The first-order valence-electron chi connectivity index (χ1n) is 5.97. The molecule has 0 amide bonds. The van der Waals surface area contributed by atoms with Gasteiger partial charge in [0.25, 0.3) is 0 Å². The Morgan fingerprint density at radius 2 is 2.11 bits per heavy atom. The lowest BCUT2D eigenvalue weighted by atomic mass is 10.2. The minimum atomic E-state index is -3.45. The van der Waals surface area contributed by atoms with E-state index in [9.17, 15) is 8.42 Å². The molecule has 0 radical (unpaired) electrons. The number of rotatable bonds is 8. The van der Waals surface area contributed by atoms with Gasteiger partial charge in [-0.3, -0.25) is 4.72 Å². The Morgan fingerprint density at radius 3 is 2.68 bits per heavy atom. The highest BCUT2D eigenvalue weighted by Gasteiger charge is 2.13. The minimum absolute atomic E-state index is 0.0946. The van der Waals surface area contributed by atoms with Crippen LogP contribution in [0.15, 0.2) is 18.2 Å². The number of sulfonamides is 1. The van der Waals surface area contributed by atoms with Gasteiger partial charge >= 0.3 is 0 Å². The molecule has 0 atom stereocenters. The van der Waals surface area contributed by atoms with Gasteiger partial charge in [-0.15, -0.1) is 0 Å². The Hall–Kier alpha value is -1.31. The number of benzene rings is 1. The lowest BCUT2D eigenvalue weighted by molar-refractivity contribution is 0.163. The van der Waals surface area contributed by atoms with Crippen molar-refractivity contribution in [1.29, 1.82) is 0 Å². The summed E-state index contributed by atoms with van der Waals surface area (Å²) in [6.45, 7) is 2.83. The summed E-state index contributed by atoms with van der Waals surface area (Å²) in [6, 6.07) is 5.10. The van der Waals surface area contributed by atoms with Crippen molar-refractivity contribution in [2.24, 2.45) is 5.73 Å². The molecule has 1 aromatic rings. The lowest BCUT2D eigenvalue weighted by Crippen LogP contribution is -2.20. The SMILES string of the molecule is CCOCCS(=O)(=O)Nc1ccc(CN)cc1OC. The van der Waals surface area contributed by atoms with Gasteiger partial charge in [0.1, 0.15) is 5.75 Å². The average Bonchev–Trinajstić information content (AvgIpc) is 2.39. The van der Waals surface area contributed by atoms with Gasteiger partial charge in [0.2, 0.25) is 10.0 Å². The fourth-order valence-corrected chi connectivity index (χ4v) is 2.42. The zero-order valence-corrected chi connectivity index (χ0v) is 12.0. The molecule has 0 unspecified atom stereocenters. The monoisotopic (exact) mass is 288 g/mol. The first kappa shape index (κ1) is 15.7. The Bertz CT molecular complexity index is 502. The Morgan fingerprint density at radius 1 is 1.37 bits per heavy atom. The summed E-state index contributed by atoms with van der Waals surface area (Å²) in [4.78, 5) is 0. The van der Waals surface area contributed by atoms with Gasteiger partial charge in [-0.1, -0.05) is 6.07 Å². The minimum Gasteiger partial charge on any atom is -0.495 e. The van der Waals surface area contributed by atoms with Crippen LogP contribution in [0.5, 0.6) is 5.75 Å². The van der Waals surface area contributed by atoms with Gasteiger partial charge in [-0.2, -0.15) is 0 Å². The molecule has 1 rings (SSSR count). The van der Waals surface area contributed by atoms with E-state index in [-0.39, 0.29) is 12.4 Å². The van der Waals surface area contributed by atoms with Gasteiger partial charge in [-0.25, -0.2) is 8.42 Å². The largest absolute Gasteiger partial charge is 0.495 e. The fourth-order valence-electron chi connectivity index (χ4n) is 1.48. The van der Waals surface area contributed by atoms with Crippen molar-refractivity contribution >= 4 is 15.7 Å². The Balaban J connectivity index is 2.80. The molecule has 0 saturated heterocycles. The molecule has 0 aliphatic carbocycles. The standard InChI is InChI=1S/C12H20N2O4S/c1-3-18-6-7-19(15,16)14-11-5-4-10(9-13)8-12(11)17-2/h4-5,8,14H,3,6-7,9,13H2,1-2H3. The van der Waals surface area contributed by atoms with Crippen LogP contribution in [-0.4, -0.2) is 34.5 Å². The molecule has 0 saturated carbocycles. The summed E-state index contributed by atoms with van der Waals surface area (Å²) in [5, 5.41) is 0. The second kappa shape index (κ2) is 7.32. The molecule has 0 aromatic heterocycles. The van der Waals surface area contributed by atoms with Crippen molar-refractivity contribution in [3.8, 4) is 5.75 Å². The number of methoxy groups -OCH3 is 1. The maximum atomic E-state index is 11.8. The summed E-state index contributed by atoms with van der Waals surface area (Å²) in [7, 11) is -1.97. The highest BCUT2D eigenvalue weighted by molar-refractivity contribution is 7.92. The molecule has 7 heteroatoms. The van der Waals surface area contributed by atoms with Crippen molar-refractivity contribution in [2.45, 2.75) is 13.5 Å². The predicted molar refractivity (Wildman–Crippen MR) is 74.8 cm³/mol. The first-order valence-corrected chi connectivity index (χ1v) is 7.63. The molecule has 6 nitrogen and oxygen atoms in total.